The highest BCUT2D eigenvalue weighted by Gasteiger charge is 2.34. The highest BCUT2D eigenvalue weighted by atomic mass is 35.5. The molecule has 0 spiro atoms. The molecule has 3 aromatic rings. The lowest BCUT2D eigenvalue weighted by molar-refractivity contribution is -0.137. The van der Waals surface area contributed by atoms with Crippen LogP contribution in [0.4, 0.5) is 24.5 Å². The number of benzene rings is 3. The molecule has 0 fully saturated rings. The van der Waals surface area contributed by atoms with Gasteiger partial charge in [0, 0.05) is 11.3 Å². The van der Waals surface area contributed by atoms with Crippen LogP contribution in [0.15, 0.2) is 72.8 Å². The molecule has 0 aliphatic carbocycles. The summed E-state index contributed by atoms with van der Waals surface area (Å²) in [6, 6.07) is 19.4. The number of anilines is 2. The molecular formula is C22H16ClF3N2O2. The van der Waals surface area contributed by atoms with Crippen LogP contribution in [0, 0.1) is 0 Å². The largest absolute Gasteiger partial charge is 0.418 e. The SMILES string of the molecule is O=C(CCl)Nc1cc(C(=O)Nc2ccc(-c3ccccc3)cc2)ccc1C(F)(F)F. The molecule has 0 saturated carbocycles. The minimum Gasteiger partial charge on any atom is -0.324 e. The molecule has 4 nitrogen and oxygen atoms in total. The van der Waals surface area contributed by atoms with Crippen molar-refractivity contribution < 1.29 is 22.8 Å². The third-order valence-corrected chi connectivity index (χ3v) is 4.48. The molecule has 0 saturated heterocycles. The lowest BCUT2D eigenvalue weighted by Crippen LogP contribution is -2.19. The van der Waals surface area contributed by atoms with Crippen molar-refractivity contribution in [2.24, 2.45) is 0 Å². The van der Waals surface area contributed by atoms with E-state index in [1.807, 2.05) is 42.5 Å². The molecule has 0 bridgehead atoms. The van der Waals surface area contributed by atoms with Gasteiger partial charge in [0.2, 0.25) is 5.91 Å². The van der Waals surface area contributed by atoms with Gasteiger partial charge >= 0.3 is 6.18 Å². The lowest BCUT2D eigenvalue weighted by Gasteiger charge is -2.15. The average Bonchev–Trinajstić information content (AvgIpc) is 2.74. The van der Waals surface area contributed by atoms with Crippen LogP contribution >= 0.6 is 11.6 Å². The van der Waals surface area contributed by atoms with Crippen molar-refractivity contribution in [2.75, 3.05) is 16.5 Å². The molecule has 0 radical (unpaired) electrons. The summed E-state index contributed by atoms with van der Waals surface area (Å²) < 4.78 is 39.5. The van der Waals surface area contributed by atoms with Crippen molar-refractivity contribution in [3.8, 4) is 11.1 Å². The maximum Gasteiger partial charge on any atom is 0.418 e. The van der Waals surface area contributed by atoms with E-state index >= 15 is 0 Å². The fourth-order valence-electron chi connectivity index (χ4n) is 2.80. The molecule has 0 aromatic heterocycles. The highest BCUT2D eigenvalue weighted by molar-refractivity contribution is 6.29. The van der Waals surface area contributed by atoms with Gasteiger partial charge in [0.25, 0.3) is 5.91 Å². The van der Waals surface area contributed by atoms with Crippen molar-refractivity contribution >= 4 is 34.8 Å². The Bertz CT molecular complexity index is 1050. The van der Waals surface area contributed by atoms with Gasteiger partial charge in [-0.15, -0.1) is 11.6 Å². The summed E-state index contributed by atoms with van der Waals surface area (Å²) in [4.78, 5) is 24.0. The second-order valence-corrected chi connectivity index (χ2v) is 6.60. The van der Waals surface area contributed by atoms with E-state index in [0.29, 0.717) is 5.69 Å². The minimum absolute atomic E-state index is 0.0417. The molecule has 3 rings (SSSR count). The van der Waals surface area contributed by atoms with Crippen LogP contribution in [0.2, 0.25) is 0 Å². The third kappa shape index (κ3) is 5.18. The first-order valence-electron chi connectivity index (χ1n) is 8.82. The van der Waals surface area contributed by atoms with Gasteiger partial charge in [-0.25, -0.2) is 0 Å². The predicted octanol–water partition coefficient (Wildman–Crippen LogP) is 5.80. The first-order chi connectivity index (χ1) is 14.3. The van der Waals surface area contributed by atoms with E-state index in [9.17, 15) is 22.8 Å². The van der Waals surface area contributed by atoms with Crippen LogP contribution in [0.25, 0.3) is 11.1 Å². The van der Waals surface area contributed by atoms with Crippen LogP contribution < -0.4 is 10.6 Å². The monoisotopic (exact) mass is 432 g/mol. The Balaban J connectivity index is 1.81. The van der Waals surface area contributed by atoms with Gasteiger partial charge in [0.1, 0.15) is 5.88 Å². The zero-order chi connectivity index (χ0) is 21.7. The molecule has 0 heterocycles. The normalized spacial score (nSPS) is 11.1. The topological polar surface area (TPSA) is 58.2 Å². The highest BCUT2D eigenvalue weighted by Crippen LogP contribution is 2.35. The van der Waals surface area contributed by atoms with Gasteiger partial charge in [-0.1, -0.05) is 42.5 Å². The fourth-order valence-corrected chi connectivity index (χ4v) is 2.87. The van der Waals surface area contributed by atoms with Gasteiger partial charge in [0.05, 0.1) is 11.3 Å². The Morgan fingerprint density at radius 3 is 2.07 bits per heavy atom. The number of rotatable bonds is 5. The molecule has 0 atom stereocenters. The summed E-state index contributed by atoms with van der Waals surface area (Å²) in [6.45, 7) is 0. The Morgan fingerprint density at radius 1 is 0.833 bits per heavy atom. The van der Waals surface area contributed by atoms with Crippen molar-refractivity contribution in [3.05, 3.63) is 83.9 Å². The fraction of sp³-hybridized carbons (Fsp3) is 0.0909. The zero-order valence-corrected chi connectivity index (χ0v) is 16.2. The number of amides is 2. The molecule has 3 aromatic carbocycles. The Labute approximate surface area is 175 Å². The Hall–Kier alpha value is -3.32. The van der Waals surface area contributed by atoms with E-state index < -0.39 is 35.1 Å². The number of hydrogen-bond donors (Lipinski definition) is 2. The maximum absolute atomic E-state index is 13.2. The molecular weight excluding hydrogens is 417 g/mol. The molecule has 8 heteroatoms. The number of carbonyl (C=O) groups is 2. The first-order valence-corrected chi connectivity index (χ1v) is 9.35. The quantitative estimate of drug-likeness (QED) is 0.500. The van der Waals surface area contributed by atoms with Crippen molar-refractivity contribution in [1.82, 2.24) is 0 Å². The van der Waals surface area contributed by atoms with E-state index in [0.717, 1.165) is 29.3 Å². The summed E-state index contributed by atoms with van der Waals surface area (Å²) in [5.74, 6) is -1.93. The van der Waals surface area contributed by atoms with Crippen LogP contribution in [-0.2, 0) is 11.0 Å². The van der Waals surface area contributed by atoms with E-state index in [1.54, 1.807) is 12.1 Å². The van der Waals surface area contributed by atoms with Crippen molar-refractivity contribution in [1.29, 1.82) is 0 Å². The maximum atomic E-state index is 13.2. The zero-order valence-electron chi connectivity index (χ0n) is 15.5. The molecule has 2 amide bonds. The van der Waals surface area contributed by atoms with Crippen LogP contribution in [0.5, 0.6) is 0 Å². The van der Waals surface area contributed by atoms with E-state index in [4.69, 9.17) is 11.6 Å². The van der Waals surface area contributed by atoms with Crippen LogP contribution in [0.3, 0.4) is 0 Å². The standard InChI is InChI=1S/C22H16ClF3N2O2/c23-13-20(29)28-19-12-16(8-11-18(19)22(24,25)26)21(30)27-17-9-6-15(7-10-17)14-4-2-1-3-5-14/h1-12H,13H2,(H,27,30)(H,28,29). The summed E-state index contributed by atoms with van der Waals surface area (Å²) >= 11 is 5.36. The lowest BCUT2D eigenvalue weighted by atomic mass is 10.1. The summed E-state index contributed by atoms with van der Waals surface area (Å²) in [7, 11) is 0. The third-order valence-electron chi connectivity index (χ3n) is 4.23. The number of halogens is 4. The molecule has 0 unspecified atom stereocenters. The predicted molar refractivity (Wildman–Crippen MR) is 111 cm³/mol. The van der Waals surface area contributed by atoms with Gasteiger partial charge in [-0.3, -0.25) is 9.59 Å². The number of nitrogens with one attached hydrogen (secondary N) is 2. The molecule has 30 heavy (non-hydrogen) atoms. The van der Waals surface area contributed by atoms with Crippen LogP contribution in [-0.4, -0.2) is 17.7 Å². The summed E-state index contributed by atoms with van der Waals surface area (Å²) in [6.07, 6.45) is -4.70. The molecule has 0 aliphatic rings. The van der Waals surface area contributed by atoms with Crippen molar-refractivity contribution in [2.45, 2.75) is 6.18 Å². The molecule has 0 aliphatic heterocycles. The summed E-state index contributed by atoms with van der Waals surface area (Å²) in [5.41, 5.74) is 0.808. The van der Waals surface area contributed by atoms with Crippen molar-refractivity contribution in [3.63, 3.8) is 0 Å². The molecule has 154 valence electrons. The van der Waals surface area contributed by atoms with E-state index in [2.05, 4.69) is 10.6 Å². The number of alkyl halides is 4. The second-order valence-electron chi connectivity index (χ2n) is 6.34. The van der Waals surface area contributed by atoms with Gasteiger partial charge in [-0.05, 0) is 41.5 Å². The first kappa shape index (κ1) is 21.4. The number of hydrogen-bond acceptors (Lipinski definition) is 2. The minimum atomic E-state index is -4.70. The Morgan fingerprint density at radius 2 is 1.47 bits per heavy atom. The second kappa shape index (κ2) is 9.00. The smallest absolute Gasteiger partial charge is 0.324 e. The van der Waals surface area contributed by atoms with Gasteiger partial charge in [-0.2, -0.15) is 13.2 Å². The van der Waals surface area contributed by atoms with Crippen LogP contribution in [0.1, 0.15) is 15.9 Å². The summed E-state index contributed by atoms with van der Waals surface area (Å²) in [5, 5.41) is 4.71. The average molecular weight is 433 g/mol. The van der Waals surface area contributed by atoms with Gasteiger partial charge in [0.15, 0.2) is 0 Å². The van der Waals surface area contributed by atoms with Gasteiger partial charge < -0.3 is 10.6 Å². The number of carbonyl (C=O) groups excluding carboxylic acids is 2. The Kier molecular flexibility index (Phi) is 6.42. The van der Waals surface area contributed by atoms with E-state index in [1.165, 1.54) is 0 Å². The molecule has 2 N–H and O–H groups in total. The van der Waals surface area contributed by atoms with E-state index in [-0.39, 0.29) is 5.56 Å².